The molecule has 1 aromatic carbocycles. The van der Waals surface area contributed by atoms with E-state index in [4.69, 9.17) is 0 Å². The van der Waals surface area contributed by atoms with Gasteiger partial charge in [0.15, 0.2) is 0 Å². The lowest BCUT2D eigenvalue weighted by Crippen LogP contribution is -2.36. The van der Waals surface area contributed by atoms with E-state index in [1.807, 2.05) is 0 Å². The second-order valence-corrected chi connectivity index (χ2v) is 5.69. The summed E-state index contributed by atoms with van der Waals surface area (Å²) in [6.07, 6.45) is 0.712. The summed E-state index contributed by atoms with van der Waals surface area (Å²) < 4.78 is 14.4. The van der Waals surface area contributed by atoms with Crippen molar-refractivity contribution in [3.05, 3.63) is 34.1 Å². The lowest BCUT2D eigenvalue weighted by molar-refractivity contribution is -0.128. The highest BCUT2D eigenvalue weighted by Gasteiger charge is 2.23. The summed E-state index contributed by atoms with van der Waals surface area (Å²) in [4.78, 5) is 27.0. The molecular weight excluding hydrogens is 327 g/mol. The van der Waals surface area contributed by atoms with Crippen LogP contribution in [0.25, 0.3) is 0 Å². The highest BCUT2D eigenvalue weighted by Crippen LogP contribution is 2.17. The van der Waals surface area contributed by atoms with Crippen molar-refractivity contribution < 1.29 is 14.0 Å². The van der Waals surface area contributed by atoms with Crippen molar-refractivity contribution in [2.45, 2.75) is 13.3 Å². The van der Waals surface area contributed by atoms with Crippen LogP contribution in [0.4, 0.5) is 4.39 Å². The Morgan fingerprint density at radius 2 is 1.80 bits per heavy atom. The Morgan fingerprint density at radius 1 is 1.15 bits per heavy atom. The molecule has 20 heavy (non-hydrogen) atoms. The van der Waals surface area contributed by atoms with Crippen LogP contribution in [-0.2, 0) is 4.79 Å². The maximum absolute atomic E-state index is 13.8. The summed E-state index contributed by atoms with van der Waals surface area (Å²) in [7, 11) is 0. The van der Waals surface area contributed by atoms with Crippen LogP contribution in [0.3, 0.4) is 0 Å². The molecule has 4 nitrogen and oxygen atoms in total. The van der Waals surface area contributed by atoms with Crippen LogP contribution in [-0.4, -0.2) is 47.8 Å². The summed E-state index contributed by atoms with van der Waals surface area (Å²) in [6, 6.07) is 4.41. The zero-order chi connectivity index (χ0) is 14.7. The molecule has 1 aromatic rings. The van der Waals surface area contributed by atoms with Crippen molar-refractivity contribution in [3.8, 4) is 0 Å². The van der Waals surface area contributed by atoms with Crippen LogP contribution >= 0.6 is 15.9 Å². The molecule has 1 fully saturated rings. The van der Waals surface area contributed by atoms with E-state index in [1.54, 1.807) is 15.9 Å². The fourth-order valence-corrected chi connectivity index (χ4v) is 2.60. The average molecular weight is 343 g/mol. The van der Waals surface area contributed by atoms with Crippen LogP contribution < -0.4 is 0 Å². The first-order valence-electron chi connectivity index (χ1n) is 6.49. The minimum absolute atomic E-state index is 0.00845. The largest absolute Gasteiger partial charge is 0.341 e. The molecule has 1 heterocycles. The topological polar surface area (TPSA) is 40.6 Å². The summed E-state index contributed by atoms with van der Waals surface area (Å²) >= 11 is 3.17. The Balaban J connectivity index is 2.11. The van der Waals surface area contributed by atoms with Crippen molar-refractivity contribution in [3.63, 3.8) is 0 Å². The molecule has 2 rings (SSSR count). The molecule has 6 heteroatoms. The van der Waals surface area contributed by atoms with Crippen LogP contribution in [0.5, 0.6) is 0 Å². The van der Waals surface area contributed by atoms with Gasteiger partial charge in [0.05, 0.1) is 5.56 Å². The van der Waals surface area contributed by atoms with E-state index < -0.39 is 5.82 Å². The van der Waals surface area contributed by atoms with Crippen molar-refractivity contribution in [2.24, 2.45) is 0 Å². The molecule has 1 aliphatic heterocycles. The number of halogens is 2. The van der Waals surface area contributed by atoms with Crippen molar-refractivity contribution in [2.75, 3.05) is 26.2 Å². The van der Waals surface area contributed by atoms with E-state index in [9.17, 15) is 14.0 Å². The van der Waals surface area contributed by atoms with Gasteiger partial charge in [-0.05, 0) is 24.6 Å². The molecule has 1 aliphatic rings. The second-order valence-electron chi connectivity index (χ2n) is 4.78. The van der Waals surface area contributed by atoms with Gasteiger partial charge in [0, 0.05) is 37.6 Å². The van der Waals surface area contributed by atoms with Gasteiger partial charge < -0.3 is 9.80 Å². The molecule has 0 radical (unpaired) electrons. The van der Waals surface area contributed by atoms with Gasteiger partial charge in [-0.2, -0.15) is 0 Å². The van der Waals surface area contributed by atoms with Crippen molar-refractivity contribution in [1.82, 2.24) is 9.80 Å². The average Bonchev–Trinajstić information content (AvgIpc) is 2.63. The van der Waals surface area contributed by atoms with Gasteiger partial charge in [0.2, 0.25) is 5.91 Å². The van der Waals surface area contributed by atoms with E-state index in [2.05, 4.69) is 15.9 Å². The Labute approximate surface area is 125 Å². The third-order valence-electron chi connectivity index (χ3n) is 3.39. The number of carbonyl (C=O) groups is 2. The van der Waals surface area contributed by atoms with Gasteiger partial charge in [-0.15, -0.1) is 0 Å². The maximum Gasteiger partial charge on any atom is 0.256 e. The molecule has 0 N–H and O–H groups in total. The fourth-order valence-electron chi connectivity index (χ4n) is 2.27. The predicted molar refractivity (Wildman–Crippen MR) is 76.9 cm³/mol. The third kappa shape index (κ3) is 3.36. The Kier molecular flexibility index (Phi) is 4.75. The summed E-state index contributed by atoms with van der Waals surface area (Å²) in [5.41, 5.74) is 0.0736. The van der Waals surface area contributed by atoms with E-state index in [0.717, 1.165) is 0 Å². The van der Waals surface area contributed by atoms with Crippen LogP contribution in [0.1, 0.15) is 23.7 Å². The number of benzene rings is 1. The van der Waals surface area contributed by atoms with Crippen molar-refractivity contribution >= 4 is 27.7 Å². The Bertz CT molecular complexity index is 536. The first-order valence-corrected chi connectivity index (χ1v) is 7.28. The van der Waals surface area contributed by atoms with Gasteiger partial charge in [-0.25, -0.2) is 4.39 Å². The number of hydrogen-bond donors (Lipinski definition) is 0. The lowest BCUT2D eigenvalue weighted by atomic mass is 10.2. The van der Waals surface area contributed by atoms with Crippen LogP contribution in [0, 0.1) is 5.82 Å². The number of carbonyl (C=O) groups excluding carboxylic acids is 2. The molecule has 0 spiro atoms. The van der Waals surface area contributed by atoms with Crippen LogP contribution in [0.2, 0.25) is 0 Å². The smallest absolute Gasteiger partial charge is 0.256 e. The molecule has 0 unspecified atom stereocenters. The minimum Gasteiger partial charge on any atom is -0.341 e. The normalized spacial score (nSPS) is 15.9. The minimum atomic E-state index is -0.531. The third-order valence-corrected chi connectivity index (χ3v) is 3.88. The lowest BCUT2D eigenvalue weighted by Gasteiger charge is -2.21. The zero-order valence-corrected chi connectivity index (χ0v) is 12.8. The standard InChI is InChI=1S/C14H16BrFN2O2/c1-10(19)17-5-2-6-18(8-7-17)14(20)12-4-3-11(15)9-13(12)16/h3-4,9H,2,5-8H2,1H3. The van der Waals surface area contributed by atoms with E-state index in [0.29, 0.717) is 37.1 Å². The predicted octanol–water partition coefficient (Wildman–Crippen LogP) is 2.28. The van der Waals surface area contributed by atoms with Crippen LogP contribution in [0.15, 0.2) is 22.7 Å². The first kappa shape index (κ1) is 15.0. The fraction of sp³-hybridized carbons (Fsp3) is 0.429. The highest BCUT2D eigenvalue weighted by atomic mass is 79.9. The zero-order valence-electron chi connectivity index (χ0n) is 11.2. The Hall–Kier alpha value is -1.43. The van der Waals surface area contributed by atoms with Crippen molar-refractivity contribution in [1.29, 1.82) is 0 Å². The summed E-state index contributed by atoms with van der Waals surface area (Å²) in [6.45, 7) is 3.64. The van der Waals surface area contributed by atoms with Gasteiger partial charge in [0.25, 0.3) is 5.91 Å². The molecule has 0 saturated carbocycles. The number of rotatable bonds is 1. The summed E-state index contributed by atoms with van der Waals surface area (Å²) in [5.74, 6) is -0.841. The number of amides is 2. The van der Waals surface area contributed by atoms with E-state index in [1.165, 1.54) is 19.1 Å². The molecule has 0 aromatic heterocycles. The molecule has 0 bridgehead atoms. The van der Waals surface area contributed by atoms with E-state index >= 15 is 0 Å². The molecule has 0 atom stereocenters. The van der Waals surface area contributed by atoms with Gasteiger partial charge in [0.1, 0.15) is 5.82 Å². The highest BCUT2D eigenvalue weighted by molar-refractivity contribution is 9.10. The quantitative estimate of drug-likeness (QED) is 0.785. The molecule has 0 aliphatic carbocycles. The number of nitrogens with zero attached hydrogens (tertiary/aromatic N) is 2. The second kappa shape index (κ2) is 6.35. The number of hydrogen-bond acceptors (Lipinski definition) is 2. The molecule has 108 valence electrons. The summed E-state index contributed by atoms with van der Waals surface area (Å²) in [5, 5.41) is 0. The monoisotopic (exact) mass is 342 g/mol. The first-order chi connectivity index (χ1) is 9.49. The SMILES string of the molecule is CC(=O)N1CCCN(C(=O)c2ccc(Br)cc2F)CC1. The van der Waals surface area contributed by atoms with E-state index in [-0.39, 0.29) is 17.4 Å². The Morgan fingerprint density at radius 3 is 2.45 bits per heavy atom. The van der Waals surface area contributed by atoms with Gasteiger partial charge in [-0.1, -0.05) is 15.9 Å². The van der Waals surface area contributed by atoms with Gasteiger partial charge in [-0.3, -0.25) is 9.59 Å². The maximum atomic E-state index is 13.8. The molecule has 2 amide bonds. The molecular formula is C14H16BrFN2O2. The van der Waals surface area contributed by atoms with Gasteiger partial charge >= 0.3 is 0 Å². The molecule has 1 saturated heterocycles.